The van der Waals surface area contributed by atoms with Gasteiger partial charge in [-0.3, -0.25) is 0 Å². The molecule has 19 heavy (non-hydrogen) atoms. The molecule has 0 saturated heterocycles. The molecule has 1 atom stereocenters. The highest BCUT2D eigenvalue weighted by atomic mass is 16.3. The van der Waals surface area contributed by atoms with E-state index >= 15 is 0 Å². The average molecular weight is 256 g/mol. The molecule has 0 aliphatic heterocycles. The fourth-order valence-electron chi connectivity index (χ4n) is 2.44. The summed E-state index contributed by atoms with van der Waals surface area (Å²) in [6, 6.07) is 18.3. The molecule has 0 amide bonds. The van der Waals surface area contributed by atoms with E-state index in [1.165, 1.54) is 5.56 Å². The van der Waals surface area contributed by atoms with Crippen LogP contribution in [0, 0.1) is 12.8 Å². The zero-order chi connectivity index (χ0) is 13.7. The Balaban J connectivity index is 2.42. The van der Waals surface area contributed by atoms with Gasteiger partial charge >= 0.3 is 0 Å². The van der Waals surface area contributed by atoms with E-state index in [1.54, 1.807) is 0 Å². The van der Waals surface area contributed by atoms with E-state index in [2.05, 4.69) is 31.2 Å². The van der Waals surface area contributed by atoms with Crippen LogP contribution >= 0.6 is 0 Å². The summed E-state index contributed by atoms with van der Waals surface area (Å²) in [6.45, 7) is 2.00. The molecule has 2 aromatic rings. The minimum absolute atomic E-state index is 0.0239. The number of rotatable bonds is 5. The van der Waals surface area contributed by atoms with Crippen molar-refractivity contribution in [1.82, 2.24) is 0 Å². The number of benzene rings is 2. The van der Waals surface area contributed by atoms with Crippen LogP contribution in [0.1, 0.15) is 22.6 Å². The molecule has 0 aliphatic carbocycles. The Morgan fingerprint density at radius 2 is 1.32 bits per heavy atom. The maximum absolute atomic E-state index is 9.51. The third-order valence-corrected chi connectivity index (χ3v) is 3.54. The first kappa shape index (κ1) is 13.8. The van der Waals surface area contributed by atoms with E-state index in [1.807, 2.05) is 30.3 Å². The lowest BCUT2D eigenvalue weighted by Gasteiger charge is -2.25. The van der Waals surface area contributed by atoms with Gasteiger partial charge in [0, 0.05) is 25.0 Å². The lowest BCUT2D eigenvalue weighted by atomic mass is 9.81. The normalized spacial score (nSPS) is 12.6. The second kappa shape index (κ2) is 6.50. The van der Waals surface area contributed by atoms with Crippen molar-refractivity contribution in [3.8, 4) is 0 Å². The van der Waals surface area contributed by atoms with E-state index in [-0.39, 0.29) is 25.0 Å². The van der Waals surface area contributed by atoms with Crippen LogP contribution in [-0.2, 0) is 0 Å². The molecule has 2 aromatic carbocycles. The van der Waals surface area contributed by atoms with E-state index in [0.29, 0.717) is 0 Å². The Morgan fingerprint density at radius 3 is 1.84 bits per heavy atom. The van der Waals surface area contributed by atoms with Crippen LogP contribution in [0.3, 0.4) is 0 Å². The molecule has 0 bridgehead atoms. The van der Waals surface area contributed by atoms with Crippen molar-refractivity contribution >= 4 is 0 Å². The average Bonchev–Trinajstić information content (AvgIpc) is 2.47. The van der Waals surface area contributed by atoms with Gasteiger partial charge in [-0.05, 0) is 18.1 Å². The van der Waals surface area contributed by atoms with Crippen LogP contribution in [0.5, 0.6) is 0 Å². The molecule has 2 rings (SSSR count). The maximum Gasteiger partial charge on any atom is 0.0490 e. The van der Waals surface area contributed by atoms with Gasteiger partial charge < -0.3 is 10.2 Å². The molecule has 0 unspecified atom stereocenters. The minimum atomic E-state index is -0.176. The summed E-state index contributed by atoms with van der Waals surface area (Å²) in [5, 5.41) is 19.0. The summed E-state index contributed by atoms with van der Waals surface area (Å²) in [5.74, 6) is -0.151. The van der Waals surface area contributed by atoms with Gasteiger partial charge in [-0.2, -0.15) is 0 Å². The van der Waals surface area contributed by atoms with Gasteiger partial charge in [0.05, 0.1) is 0 Å². The molecule has 0 aromatic heterocycles. The predicted octanol–water partition coefficient (Wildman–Crippen LogP) is 2.73. The molecule has 0 heterocycles. The van der Waals surface area contributed by atoms with Crippen LogP contribution in [0.25, 0.3) is 0 Å². The van der Waals surface area contributed by atoms with Crippen molar-refractivity contribution in [2.75, 3.05) is 13.2 Å². The Kier molecular flexibility index (Phi) is 4.72. The molecule has 0 aliphatic rings. The second-order valence-electron chi connectivity index (χ2n) is 4.92. The zero-order valence-electron chi connectivity index (χ0n) is 11.2. The standard InChI is InChI=1S/C17H20O2/c1-13-7-9-15(10-8-13)17(16(11-18)12-19)14-5-3-2-4-6-14/h2-10,16-19H,11-12H2,1H3/t17-/m0/s1. The van der Waals surface area contributed by atoms with Crippen LogP contribution < -0.4 is 0 Å². The largest absolute Gasteiger partial charge is 0.396 e. The highest BCUT2D eigenvalue weighted by molar-refractivity contribution is 5.34. The zero-order valence-corrected chi connectivity index (χ0v) is 11.2. The minimum Gasteiger partial charge on any atom is -0.396 e. The smallest absolute Gasteiger partial charge is 0.0490 e. The predicted molar refractivity (Wildman–Crippen MR) is 77.1 cm³/mol. The van der Waals surface area contributed by atoms with E-state index < -0.39 is 0 Å². The van der Waals surface area contributed by atoms with Crippen molar-refractivity contribution in [2.24, 2.45) is 5.92 Å². The lowest BCUT2D eigenvalue weighted by molar-refractivity contribution is 0.139. The summed E-state index contributed by atoms with van der Waals surface area (Å²) in [6.07, 6.45) is 0. The van der Waals surface area contributed by atoms with Crippen molar-refractivity contribution in [2.45, 2.75) is 12.8 Å². The molecule has 2 N–H and O–H groups in total. The van der Waals surface area contributed by atoms with Crippen LogP contribution in [0.2, 0.25) is 0 Å². The molecule has 0 spiro atoms. The number of hydrogen-bond acceptors (Lipinski definition) is 2. The molecule has 2 heteroatoms. The van der Waals surface area contributed by atoms with Gasteiger partial charge in [0.2, 0.25) is 0 Å². The van der Waals surface area contributed by atoms with Gasteiger partial charge in [0.25, 0.3) is 0 Å². The van der Waals surface area contributed by atoms with Gasteiger partial charge in [-0.25, -0.2) is 0 Å². The third-order valence-electron chi connectivity index (χ3n) is 3.54. The van der Waals surface area contributed by atoms with Gasteiger partial charge in [0.15, 0.2) is 0 Å². The van der Waals surface area contributed by atoms with Crippen LogP contribution in [0.15, 0.2) is 54.6 Å². The Labute approximate surface area is 114 Å². The van der Waals surface area contributed by atoms with E-state index in [0.717, 1.165) is 11.1 Å². The second-order valence-corrected chi connectivity index (χ2v) is 4.92. The first-order chi connectivity index (χ1) is 9.26. The first-order valence-corrected chi connectivity index (χ1v) is 6.59. The summed E-state index contributed by atoms with van der Waals surface area (Å²) >= 11 is 0. The Bertz CT molecular complexity index is 486. The molecular weight excluding hydrogens is 236 g/mol. The van der Waals surface area contributed by atoms with Gasteiger partial charge in [-0.1, -0.05) is 60.2 Å². The number of aliphatic hydroxyl groups is 2. The maximum atomic E-state index is 9.51. The Morgan fingerprint density at radius 1 is 0.789 bits per heavy atom. The van der Waals surface area contributed by atoms with E-state index in [9.17, 15) is 10.2 Å². The first-order valence-electron chi connectivity index (χ1n) is 6.59. The number of aliphatic hydroxyl groups excluding tert-OH is 2. The van der Waals surface area contributed by atoms with Crippen molar-refractivity contribution in [1.29, 1.82) is 0 Å². The summed E-state index contributed by atoms with van der Waals surface area (Å²) < 4.78 is 0. The van der Waals surface area contributed by atoms with Crippen molar-refractivity contribution in [3.05, 3.63) is 71.3 Å². The Hall–Kier alpha value is -1.64. The van der Waals surface area contributed by atoms with Crippen LogP contribution in [0.4, 0.5) is 0 Å². The molecule has 0 radical (unpaired) electrons. The summed E-state index contributed by atoms with van der Waals surface area (Å²) in [5.41, 5.74) is 3.46. The molecule has 100 valence electrons. The molecule has 0 fully saturated rings. The van der Waals surface area contributed by atoms with Crippen molar-refractivity contribution in [3.63, 3.8) is 0 Å². The van der Waals surface area contributed by atoms with Crippen LogP contribution in [-0.4, -0.2) is 23.4 Å². The monoisotopic (exact) mass is 256 g/mol. The molecule has 2 nitrogen and oxygen atoms in total. The van der Waals surface area contributed by atoms with Gasteiger partial charge in [-0.15, -0.1) is 0 Å². The number of hydrogen-bond donors (Lipinski definition) is 2. The summed E-state index contributed by atoms with van der Waals surface area (Å²) in [4.78, 5) is 0. The fraction of sp³-hybridized carbons (Fsp3) is 0.294. The topological polar surface area (TPSA) is 40.5 Å². The fourth-order valence-corrected chi connectivity index (χ4v) is 2.44. The highest BCUT2D eigenvalue weighted by Crippen LogP contribution is 2.31. The molecular formula is C17H20O2. The third kappa shape index (κ3) is 3.22. The number of aryl methyl sites for hydroxylation is 1. The van der Waals surface area contributed by atoms with Crippen molar-refractivity contribution < 1.29 is 10.2 Å². The SMILES string of the molecule is Cc1ccc([C@H](c2ccccc2)C(CO)CO)cc1. The quantitative estimate of drug-likeness (QED) is 0.863. The van der Waals surface area contributed by atoms with E-state index in [4.69, 9.17) is 0 Å². The summed E-state index contributed by atoms with van der Waals surface area (Å²) in [7, 11) is 0. The molecule has 0 saturated carbocycles. The lowest BCUT2D eigenvalue weighted by Crippen LogP contribution is -2.21. The van der Waals surface area contributed by atoms with Gasteiger partial charge in [0.1, 0.15) is 0 Å². The highest BCUT2D eigenvalue weighted by Gasteiger charge is 2.23.